The third-order valence-corrected chi connectivity index (χ3v) is 4.93. The summed E-state index contributed by atoms with van der Waals surface area (Å²) in [6, 6.07) is 1.83. The summed E-state index contributed by atoms with van der Waals surface area (Å²) in [7, 11) is 0. The van der Waals surface area contributed by atoms with Crippen LogP contribution in [0.15, 0.2) is 6.07 Å². The van der Waals surface area contributed by atoms with Gasteiger partial charge < -0.3 is 10.5 Å². The van der Waals surface area contributed by atoms with Gasteiger partial charge in [0.25, 0.3) is 0 Å². The molecule has 1 aromatic rings. The second kappa shape index (κ2) is 5.87. The van der Waals surface area contributed by atoms with Crippen molar-refractivity contribution in [1.82, 2.24) is 14.9 Å². The van der Waals surface area contributed by atoms with Crippen molar-refractivity contribution in [3.63, 3.8) is 0 Å². The molecule has 2 atom stereocenters. The van der Waals surface area contributed by atoms with Gasteiger partial charge in [-0.05, 0) is 26.2 Å². The number of likely N-dealkylation sites (tertiary alicyclic amines) is 1. The Labute approximate surface area is 125 Å². The summed E-state index contributed by atoms with van der Waals surface area (Å²) in [6.45, 7) is 4.53. The number of anilines is 1. The average Bonchev–Trinajstić information content (AvgIpc) is 2.47. The highest BCUT2D eigenvalue weighted by molar-refractivity contribution is 5.33. The zero-order chi connectivity index (χ0) is 14.9. The van der Waals surface area contributed by atoms with Crippen molar-refractivity contribution in [2.75, 3.05) is 18.5 Å². The van der Waals surface area contributed by atoms with E-state index in [1.54, 1.807) is 0 Å². The number of aromatic nitrogens is 2. The van der Waals surface area contributed by atoms with Crippen molar-refractivity contribution in [2.24, 2.45) is 11.8 Å². The van der Waals surface area contributed by atoms with E-state index in [1.165, 1.54) is 12.8 Å². The second-order valence-corrected chi connectivity index (χ2v) is 6.49. The van der Waals surface area contributed by atoms with Crippen LogP contribution in [0.1, 0.15) is 43.6 Å². The molecule has 2 unspecified atom stereocenters. The SMILES string of the molecule is Cc1cc(NN)nc(CN2CCC3(O)CCCCC3C2)n1. The maximum atomic E-state index is 10.7. The van der Waals surface area contributed by atoms with E-state index in [0.717, 1.165) is 50.4 Å². The summed E-state index contributed by atoms with van der Waals surface area (Å²) in [5.41, 5.74) is 3.08. The number of hydrogen-bond donors (Lipinski definition) is 3. The minimum Gasteiger partial charge on any atom is -0.390 e. The minimum absolute atomic E-state index is 0.400. The number of piperidine rings is 1. The fraction of sp³-hybridized carbons (Fsp3) is 0.733. The third-order valence-electron chi connectivity index (χ3n) is 4.93. The van der Waals surface area contributed by atoms with E-state index in [9.17, 15) is 5.11 Å². The highest BCUT2D eigenvalue weighted by Crippen LogP contribution is 2.39. The van der Waals surface area contributed by atoms with Gasteiger partial charge in [0.2, 0.25) is 0 Å². The largest absolute Gasteiger partial charge is 0.390 e. The normalized spacial score (nSPS) is 30.0. The molecule has 6 nitrogen and oxygen atoms in total. The fourth-order valence-electron chi connectivity index (χ4n) is 3.76. The zero-order valence-electron chi connectivity index (χ0n) is 12.7. The molecule has 0 bridgehead atoms. The number of fused-ring (bicyclic) bond motifs is 1. The Hall–Kier alpha value is -1.24. The number of nitrogens with two attached hydrogens (primary N) is 1. The maximum Gasteiger partial charge on any atom is 0.145 e. The number of aryl methyl sites for hydroxylation is 1. The molecule has 2 aliphatic rings. The third kappa shape index (κ3) is 3.17. The van der Waals surface area contributed by atoms with E-state index in [0.29, 0.717) is 11.7 Å². The first-order valence-electron chi connectivity index (χ1n) is 7.85. The molecule has 1 aliphatic heterocycles. The minimum atomic E-state index is -0.424. The van der Waals surface area contributed by atoms with Crippen LogP contribution >= 0.6 is 0 Å². The molecule has 0 aromatic carbocycles. The van der Waals surface area contributed by atoms with Gasteiger partial charge in [-0.3, -0.25) is 4.90 Å². The smallest absolute Gasteiger partial charge is 0.145 e. The molecule has 116 valence electrons. The number of nitrogen functional groups attached to an aromatic ring is 1. The second-order valence-electron chi connectivity index (χ2n) is 6.49. The zero-order valence-corrected chi connectivity index (χ0v) is 12.7. The lowest BCUT2D eigenvalue weighted by atomic mass is 9.71. The lowest BCUT2D eigenvalue weighted by Crippen LogP contribution is -2.53. The molecule has 0 radical (unpaired) electrons. The Bertz CT molecular complexity index is 509. The summed E-state index contributed by atoms with van der Waals surface area (Å²) in [5.74, 6) is 7.29. The van der Waals surface area contributed by atoms with Crippen molar-refractivity contribution in [3.05, 3.63) is 17.6 Å². The van der Waals surface area contributed by atoms with Crippen LogP contribution in [-0.4, -0.2) is 38.7 Å². The Morgan fingerprint density at radius 3 is 3.10 bits per heavy atom. The van der Waals surface area contributed by atoms with E-state index in [2.05, 4.69) is 20.3 Å². The van der Waals surface area contributed by atoms with Crippen molar-refractivity contribution in [2.45, 2.75) is 51.2 Å². The molecular formula is C15H25N5O. The topological polar surface area (TPSA) is 87.3 Å². The lowest BCUT2D eigenvalue weighted by Gasteiger charge is -2.47. The van der Waals surface area contributed by atoms with Crippen LogP contribution in [0.3, 0.4) is 0 Å². The molecule has 1 aliphatic carbocycles. The van der Waals surface area contributed by atoms with Crippen LogP contribution < -0.4 is 11.3 Å². The van der Waals surface area contributed by atoms with Gasteiger partial charge in [-0.1, -0.05) is 12.8 Å². The molecule has 0 spiro atoms. The average molecular weight is 291 g/mol. The number of hydrogen-bond acceptors (Lipinski definition) is 6. The summed E-state index contributed by atoms with van der Waals surface area (Å²) in [6.07, 6.45) is 5.37. The van der Waals surface area contributed by atoms with Gasteiger partial charge in [0.05, 0.1) is 12.1 Å². The van der Waals surface area contributed by atoms with Crippen LogP contribution in [0.2, 0.25) is 0 Å². The standard InChI is InChI=1S/C15H25N5O/c1-11-8-13(19-16)18-14(17-11)10-20-7-6-15(21)5-3-2-4-12(15)9-20/h8,12,21H,2-7,9-10,16H2,1H3,(H,17,18,19). The Kier molecular flexibility index (Phi) is 4.10. The van der Waals surface area contributed by atoms with Crippen LogP contribution in [-0.2, 0) is 6.54 Å². The lowest BCUT2D eigenvalue weighted by molar-refractivity contribution is -0.0971. The van der Waals surface area contributed by atoms with Crippen LogP contribution in [0.4, 0.5) is 5.82 Å². The monoisotopic (exact) mass is 291 g/mol. The first-order chi connectivity index (χ1) is 10.1. The van der Waals surface area contributed by atoms with Gasteiger partial charge in [-0.2, -0.15) is 0 Å². The number of nitrogens with zero attached hydrogens (tertiary/aromatic N) is 3. The number of nitrogens with one attached hydrogen (secondary N) is 1. The molecule has 1 saturated heterocycles. The summed E-state index contributed by atoms with van der Waals surface area (Å²) in [5, 5.41) is 10.7. The quantitative estimate of drug-likeness (QED) is 0.573. The summed E-state index contributed by atoms with van der Waals surface area (Å²) in [4.78, 5) is 11.3. The molecule has 2 fully saturated rings. The molecule has 4 N–H and O–H groups in total. The van der Waals surface area contributed by atoms with Gasteiger partial charge in [0.15, 0.2) is 0 Å². The van der Waals surface area contributed by atoms with Crippen LogP contribution in [0.5, 0.6) is 0 Å². The molecule has 6 heteroatoms. The molecule has 1 saturated carbocycles. The highest BCUT2D eigenvalue weighted by Gasteiger charge is 2.42. The van der Waals surface area contributed by atoms with E-state index in [-0.39, 0.29) is 0 Å². The van der Waals surface area contributed by atoms with Crippen molar-refractivity contribution in [3.8, 4) is 0 Å². The highest BCUT2D eigenvalue weighted by atomic mass is 16.3. The fourth-order valence-corrected chi connectivity index (χ4v) is 3.76. The van der Waals surface area contributed by atoms with Gasteiger partial charge in [0, 0.05) is 30.8 Å². The van der Waals surface area contributed by atoms with E-state index in [1.807, 2.05) is 13.0 Å². The first kappa shape index (κ1) is 14.7. The first-order valence-corrected chi connectivity index (χ1v) is 7.85. The number of aliphatic hydroxyl groups is 1. The van der Waals surface area contributed by atoms with Crippen molar-refractivity contribution >= 4 is 5.82 Å². The number of hydrazine groups is 1. The van der Waals surface area contributed by atoms with Gasteiger partial charge in [-0.15, -0.1) is 0 Å². The summed E-state index contributed by atoms with van der Waals surface area (Å²) < 4.78 is 0. The van der Waals surface area contributed by atoms with E-state index < -0.39 is 5.60 Å². The van der Waals surface area contributed by atoms with Gasteiger partial charge in [-0.25, -0.2) is 15.8 Å². The van der Waals surface area contributed by atoms with E-state index >= 15 is 0 Å². The van der Waals surface area contributed by atoms with Crippen molar-refractivity contribution in [1.29, 1.82) is 0 Å². The van der Waals surface area contributed by atoms with Gasteiger partial charge >= 0.3 is 0 Å². The van der Waals surface area contributed by atoms with Crippen molar-refractivity contribution < 1.29 is 5.11 Å². The molecule has 3 rings (SSSR count). The molecule has 1 aromatic heterocycles. The van der Waals surface area contributed by atoms with Crippen LogP contribution in [0.25, 0.3) is 0 Å². The molecule has 21 heavy (non-hydrogen) atoms. The molecular weight excluding hydrogens is 266 g/mol. The summed E-state index contributed by atoms with van der Waals surface area (Å²) >= 11 is 0. The molecule has 2 heterocycles. The number of rotatable bonds is 3. The Balaban J connectivity index is 1.67. The van der Waals surface area contributed by atoms with Gasteiger partial charge in [0.1, 0.15) is 11.6 Å². The molecule has 0 amide bonds. The Morgan fingerprint density at radius 1 is 1.43 bits per heavy atom. The van der Waals surface area contributed by atoms with E-state index in [4.69, 9.17) is 5.84 Å². The Morgan fingerprint density at radius 2 is 2.29 bits per heavy atom. The van der Waals surface area contributed by atoms with Crippen LogP contribution in [0, 0.1) is 12.8 Å². The maximum absolute atomic E-state index is 10.7. The predicted octanol–water partition coefficient (Wildman–Crippen LogP) is 1.20. The predicted molar refractivity (Wildman–Crippen MR) is 81.4 cm³/mol.